The number of rotatable bonds is 26. The molecule has 16 nitrogen and oxygen atoms in total. The van der Waals surface area contributed by atoms with Gasteiger partial charge < -0.3 is 38.6 Å². The van der Waals surface area contributed by atoms with E-state index < -0.39 is 92.2 Å². The number of carbonyl (C=O) groups is 2. The van der Waals surface area contributed by atoms with Gasteiger partial charge in [-0.25, -0.2) is 9.46 Å². The quantitative estimate of drug-likeness (QED) is 0.0237. The Labute approximate surface area is 424 Å². The summed E-state index contributed by atoms with van der Waals surface area (Å²) in [6.45, 7) is 6.28. The lowest BCUT2D eigenvalue weighted by molar-refractivity contribution is -0.173. The molecule has 2 heterocycles. The standard InChI is InChI=1S/C49H59F6N6O10PS/c1-31(2)61(32(3)4)72(69-28-10-24-56)71-41-39(29-68-47(34-11-8-7-9-12-34,35-13-17-37(66-5)18-14-35)36-15-19-38(67-6)20-16-36)70-43(60-27-23-40(62)59-46(60)65)42(41)73-30-33(21-25-57-44(63)48(50,51)52)22-26-58-45(64)49(53,54)55/h7-9,11-20,23,27,31-33,39,41-43H,10,21-22,25-26,28-30H2,1-6H3,(H,57,63)(H,58,64)(H,59,62,65)/t39-,41-,42-,43-,72?/m1/s1. The summed E-state index contributed by atoms with van der Waals surface area (Å²) in [6, 6.07) is 26.6. The first-order valence-electron chi connectivity index (χ1n) is 23.2. The topological polar surface area (TPSA) is 195 Å². The van der Waals surface area contributed by atoms with Crippen molar-refractivity contribution >= 4 is 32.1 Å². The van der Waals surface area contributed by atoms with Crippen LogP contribution in [0.25, 0.3) is 0 Å². The van der Waals surface area contributed by atoms with E-state index >= 15 is 0 Å². The summed E-state index contributed by atoms with van der Waals surface area (Å²) in [4.78, 5) is 52.1. The molecule has 73 heavy (non-hydrogen) atoms. The molecule has 1 fully saturated rings. The average Bonchev–Trinajstić information content (AvgIpc) is 3.68. The largest absolute Gasteiger partial charge is 0.497 e. The minimum atomic E-state index is -5.21. The van der Waals surface area contributed by atoms with Gasteiger partial charge in [-0.15, -0.1) is 0 Å². The summed E-state index contributed by atoms with van der Waals surface area (Å²) in [7, 11) is 0.980. The van der Waals surface area contributed by atoms with E-state index in [9.17, 15) is 50.8 Å². The Morgan fingerprint density at radius 2 is 1.34 bits per heavy atom. The molecule has 5 rings (SSSR count). The van der Waals surface area contributed by atoms with Crippen molar-refractivity contribution in [3.05, 3.63) is 129 Å². The molecule has 4 aromatic rings. The van der Waals surface area contributed by atoms with Crippen LogP contribution in [-0.4, -0.2) is 114 Å². The second-order valence-electron chi connectivity index (χ2n) is 17.3. The van der Waals surface area contributed by atoms with Gasteiger partial charge in [-0.2, -0.15) is 43.4 Å². The summed E-state index contributed by atoms with van der Waals surface area (Å²) in [5.74, 6) is -4.14. The monoisotopic (exact) mass is 1070 g/mol. The van der Waals surface area contributed by atoms with Gasteiger partial charge in [0.25, 0.3) is 14.1 Å². The third-order valence-corrected chi connectivity index (χ3v) is 15.3. The Bertz CT molecular complexity index is 2460. The maximum atomic E-state index is 13.8. The Morgan fingerprint density at radius 3 is 1.81 bits per heavy atom. The molecule has 398 valence electrons. The summed E-state index contributed by atoms with van der Waals surface area (Å²) in [6.07, 6.45) is -13.1. The van der Waals surface area contributed by atoms with Crippen molar-refractivity contribution in [1.29, 1.82) is 5.26 Å². The highest BCUT2D eigenvalue weighted by Crippen LogP contribution is 2.53. The van der Waals surface area contributed by atoms with Crippen molar-refractivity contribution in [2.24, 2.45) is 5.92 Å². The maximum absolute atomic E-state index is 13.8. The molecule has 24 heteroatoms. The van der Waals surface area contributed by atoms with E-state index in [1.165, 1.54) is 20.4 Å². The fourth-order valence-corrected chi connectivity index (χ4v) is 11.7. The molecular weight excluding hydrogens is 1010 g/mol. The number of methoxy groups -OCH3 is 2. The number of nitriles is 1. The fraction of sp³-hybridized carbons (Fsp3) is 0.490. The van der Waals surface area contributed by atoms with Crippen molar-refractivity contribution in [2.75, 3.05) is 46.3 Å². The van der Waals surface area contributed by atoms with E-state index in [2.05, 4.69) is 11.1 Å². The first-order valence-corrected chi connectivity index (χ1v) is 25.3. The number of nitrogens with one attached hydrogen (secondary N) is 3. The number of carbonyl (C=O) groups excluding carboxylic acids is 2. The Kier molecular flexibility index (Phi) is 21.3. The highest BCUT2D eigenvalue weighted by atomic mass is 32.2. The number of aromatic nitrogens is 2. The lowest BCUT2D eigenvalue weighted by Gasteiger charge is -2.39. The molecule has 0 radical (unpaired) electrons. The third kappa shape index (κ3) is 15.5. The van der Waals surface area contributed by atoms with Gasteiger partial charge in [0.05, 0.1) is 45.2 Å². The summed E-state index contributed by atoms with van der Waals surface area (Å²) >= 11 is 1.11. The molecule has 0 saturated carbocycles. The van der Waals surface area contributed by atoms with Crippen LogP contribution in [0, 0.1) is 17.2 Å². The number of nitrogens with zero attached hydrogens (tertiary/aromatic N) is 3. The highest BCUT2D eigenvalue weighted by Gasteiger charge is 2.51. The number of benzene rings is 3. The van der Waals surface area contributed by atoms with Crippen LogP contribution in [0.2, 0.25) is 0 Å². The lowest BCUT2D eigenvalue weighted by Crippen LogP contribution is -2.42. The number of halogens is 6. The minimum Gasteiger partial charge on any atom is -0.497 e. The van der Waals surface area contributed by atoms with Crippen LogP contribution in [0.15, 0.2) is 101 Å². The number of hydrogen-bond donors (Lipinski definition) is 3. The molecule has 5 atom stereocenters. The van der Waals surface area contributed by atoms with Gasteiger partial charge in [0, 0.05) is 37.4 Å². The van der Waals surface area contributed by atoms with Crippen LogP contribution < -0.4 is 31.4 Å². The van der Waals surface area contributed by atoms with E-state index in [4.69, 9.17) is 28.0 Å². The van der Waals surface area contributed by atoms with E-state index in [-0.39, 0.29) is 50.3 Å². The molecule has 0 spiro atoms. The number of alkyl halides is 6. The Hall–Kier alpha value is -5.47. The van der Waals surface area contributed by atoms with Crippen molar-refractivity contribution < 1.29 is 63.9 Å². The first-order chi connectivity index (χ1) is 34.6. The van der Waals surface area contributed by atoms with Crippen LogP contribution >= 0.6 is 20.3 Å². The number of ether oxygens (including phenoxy) is 4. The fourth-order valence-electron chi connectivity index (χ4n) is 8.22. The van der Waals surface area contributed by atoms with E-state index in [1.807, 2.05) is 87.0 Å². The zero-order valence-electron chi connectivity index (χ0n) is 40.9. The van der Waals surface area contributed by atoms with Gasteiger partial charge in [0.1, 0.15) is 29.3 Å². The number of H-pyrrole nitrogens is 1. The predicted molar refractivity (Wildman–Crippen MR) is 261 cm³/mol. The van der Waals surface area contributed by atoms with Gasteiger partial charge in [0.15, 0.2) is 6.23 Å². The van der Waals surface area contributed by atoms with Crippen molar-refractivity contribution in [3.63, 3.8) is 0 Å². The molecule has 1 aromatic heterocycles. The number of hydrogen-bond acceptors (Lipinski definition) is 13. The van der Waals surface area contributed by atoms with E-state index in [1.54, 1.807) is 34.9 Å². The van der Waals surface area contributed by atoms with Crippen LogP contribution in [0.5, 0.6) is 11.5 Å². The lowest BCUT2D eigenvalue weighted by atomic mass is 9.80. The second kappa shape index (κ2) is 26.7. The van der Waals surface area contributed by atoms with Crippen LogP contribution in [0.3, 0.4) is 0 Å². The Morgan fingerprint density at radius 1 is 0.822 bits per heavy atom. The summed E-state index contributed by atoms with van der Waals surface area (Å²) in [5, 5.41) is 12.1. The zero-order chi connectivity index (χ0) is 53.5. The van der Waals surface area contributed by atoms with Gasteiger partial charge in [0.2, 0.25) is 0 Å². The molecule has 2 amide bonds. The Balaban J connectivity index is 1.68. The molecule has 1 aliphatic rings. The highest BCUT2D eigenvalue weighted by molar-refractivity contribution is 8.00. The molecular formula is C49H59F6N6O10PS. The van der Waals surface area contributed by atoms with Crippen LogP contribution in [0.1, 0.15) is 69.9 Å². The molecule has 0 bridgehead atoms. The van der Waals surface area contributed by atoms with Crippen LogP contribution in [-0.2, 0) is 33.7 Å². The number of aromatic amines is 1. The molecule has 0 aliphatic carbocycles. The molecule has 1 saturated heterocycles. The number of amides is 2. The van der Waals surface area contributed by atoms with Crippen molar-refractivity contribution in [2.45, 2.75) is 101 Å². The third-order valence-electron chi connectivity index (χ3n) is 11.6. The van der Waals surface area contributed by atoms with E-state index in [0.717, 1.165) is 22.4 Å². The first kappa shape index (κ1) is 58.4. The molecule has 1 aliphatic heterocycles. The average molecular weight is 1070 g/mol. The van der Waals surface area contributed by atoms with Gasteiger partial charge in [-0.05, 0) is 93.2 Å². The minimum absolute atomic E-state index is 0.00570. The maximum Gasteiger partial charge on any atom is 0.471 e. The summed E-state index contributed by atoms with van der Waals surface area (Å²) in [5.41, 5.74) is -1.00. The molecule has 1 unspecified atom stereocenters. The smallest absolute Gasteiger partial charge is 0.471 e. The van der Waals surface area contributed by atoms with Crippen molar-refractivity contribution in [1.82, 2.24) is 24.9 Å². The molecule has 3 N–H and O–H groups in total. The second-order valence-corrected chi connectivity index (χ2v) is 19.9. The van der Waals surface area contributed by atoms with Gasteiger partial charge in [-0.3, -0.25) is 23.9 Å². The SMILES string of the molecule is COc1ccc(C(OC[C@H]2O[C@@H](n3ccc(=O)[nH]c3=O)[C@H](SCC(CCNC(=O)C(F)(F)F)CCNC(=O)C(F)(F)F)[C@@H]2OP(OCCC#N)N(C(C)C)C(C)C)(c2ccccc2)c2ccc(OC)cc2)cc1. The van der Waals surface area contributed by atoms with Gasteiger partial charge >= 0.3 is 29.9 Å². The predicted octanol–water partition coefficient (Wildman–Crippen LogP) is 7.98. The van der Waals surface area contributed by atoms with Gasteiger partial charge in [-0.1, -0.05) is 54.6 Å². The normalized spacial score (nSPS) is 17.7. The van der Waals surface area contributed by atoms with Crippen molar-refractivity contribution in [3.8, 4) is 17.6 Å². The number of thioether (sulfide) groups is 1. The van der Waals surface area contributed by atoms with E-state index in [0.29, 0.717) is 28.2 Å². The molecule has 3 aromatic carbocycles. The van der Waals surface area contributed by atoms with Crippen LogP contribution in [0.4, 0.5) is 26.3 Å². The summed E-state index contributed by atoms with van der Waals surface area (Å²) < 4.78 is 121. The zero-order valence-corrected chi connectivity index (χ0v) is 42.6.